The molecule has 1 heterocycles. The number of halogens is 1. The molecule has 1 aromatic heterocycles. The maximum Gasteiger partial charge on any atom is 0.238 e. The van der Waals surface area contributed by atoms with E-state index in [4.69, 9.17) is 21.1 Å². The van der Waals surface area contributed by atoms with E-state index in [1.165, 1.54) is 0 Å². The molecule has 0 aliphatic rings. The molecule has 0 amide bonds. The summed E-state index contributed by atoms with van der Waals surface area (Å²) in [5.41, 5.74) is 1.48. The third-order valence-corrected chi connectivity index (χ3v) is 3.07. The zero-order valence-corrected chi connectivity index (χ0v) is 12.2. The summed E-state index contributed by atoms with van der Waals surface area (Å²) in [6.45, 7) is 2.58. The molecule has 21 heavy (non-hydrogen) atoms. The topological polar surface area (TPSA) is 44.2 Å². The lowest BCUT2D eigenvalue weighted by molar-refractivity contribution is 0.339. The second-order valence-corrected chi connectivity index (χ2v) is 4.78. The molecular formula is C16H13ClN2O2. The average molecular weight is 301 g/mol. The molecule has 3 aromatic rings. The smallest absolute Gasteiger partial charge is 0.238 e. The van der Waals surface area contributed by atoms with Gasteiger partial charge in [-0.1, -0.05) is 11.6 Å². The molecule has 2 aromatic carbocycles. The van der Waals surface area contributed by atoms with Gasteiger partial charge in [0.05, 0.1) is 23.8 Å². The van der Waals surface area contributed by atoms with Gasteiger partial charge in [0.1, 0.15) is 11.5 Å². The predicted octanol–water partition coefficient (Wildman–Crippen LogP) is 4.47. The summed E-state index contributed by atoms with van der Waals surface area (Å²) in [4.78, 5) is 8.68. The fraction of sp³-hybridized carbons (Fsp3) is 0.125. The number of hydrogen-bond acceptors (Lipinski definition) is 4. The van der Waals surface area contributed by atoms with Crippen LogP contribution in [0, 0.1) is 0 Å². The molecule has 4 nitrogen and oxygen atoms in total. The quantitative estimate of drug-likeness (QED) is 0.713. The van der Waals surface area contributed by atoms with Crippen molar-refractivity contribution in [1.29, 1.82) is 0 Å². The normalized spacial score (nSPS) is 10.6. The first-order valence-electron chi connectivity index (χ1n) is 6.57. The molecule has 5 heteroatoms. The summed E-state index contributed by atoms with van der Waals surface area (Å²) >= 11 is 5.92. The standard InChI is InChI=1S/C16H13ClN2O2/c1-2-20-12-4-6-13(7-5-12)21-16-10-18-15-9-11(17)3-8-14(15)19-16/h3-10H,2H2,1H3. The Bertz CT molecular complexity index is 760. The predicted molar refractivity (Wildman–Crippen MR) is 82.2 cm³/mol. The summed E-state index contributed by atoms with van der Waals surface area (Å²) in [6.07, 6.45) is 1.58. The van der Waals surface area contributed by atoms with Crippen molar-refractivity contribution in [1.82, 2.24) is 9.97 Å². The van der Waals surface area contributed by atoms with Gasteiger partial charge in [0.2, 0.25) is 5.88 Å². The van der Waals surface area contributed by atoms with Gasteiger partial charge in [0.25, 0.3) is 0 Å². The summed E-state index contributed by atoms with van der Waals surface area (Å²) in [6, 6.07) is 12.7. The number of aromatic nitrogens is 2. The number of rotatable bonds is 4. The first kappa shape index (κ1) is 13.6. The van der Waals surface area contributed by atoms with E-state index >= 15 is 0 Å². The SMILES string of the molecule is CCOc1ccc(Oc2cnc3cc(Cl)ccc3n2)cc1. The van der Waals surface area contributed by atoms with Crippen molar-refractivity contribution in [3.63, 3.8) is 0 Å². The molecule has 0 atom stereocenters. The van der Waals surface area contributed by atoms with E-state index in [2.05, 4.69) is 9.97 Å². The average Bonchev–Trinajstić information content (AvgIpc) is 2.50. The van der Waals surface area contributed by atoms with E-state index in [1.807, 2.05) is 37.3 Å². The Morgan fingerprint density at radius 3 is 2.52 bits per heavy atom. The van der Waals surface area contributed by atoms with Crippen LogP contribution in [0.15, 0.2) is 48.7 Å². The lowest BCUT2D eigenvalue weighted by Crippen LogP contribution is -1.92. The molecule has 106 valence electrons. The third kappa shape index (κ3) is 3.23. The first-order valence-corrected chi connectivity index (χ1v) is 6.95. The summed E-state index contributed by atoms with van der Waals surface area (Å²) in [5.74, 6) is 1.93. The van der Waals surface area contributed by atoms with Crippen molar-refractivity contribution < 1.29 is 9.47 Å². The molecule has 0 bridgehead atoms. The van der Waals surface area contributed by atoms with Crippen molar-refractivity contribution in [3.8, 4) is 17.4 Å². The van der Waals surface area contributed by atoms with Gasteiger partial charge in [-0.25, -0.2) is 9.97 Å². The summed E-state index contributed by atoms with van der Waals surface area (Å²) < 4.78 is 11.1. The van der Waals surface area contributed by atoms with E-state index in [0.29, 0.717) is 23.3 Å². The maximum absolute atomic E-state index is 5.92. The highest BCUT2D eigenvalue weighted by Crippen LogP contribution is 2.24. The molecular weight excluding hydrogens is 288 g/mol. The lowest BCUT2D eigenvalue weighted by Gasteiger charge is -2.07. The van der Waals surface area contributed by atoms with Gasteiger partial charge >= 0.3 is 0 Å². The fourth-order valence-corrected chi connectivity index (χ4v) is 2.07. The van der Waals surface area contributed by atoms with Crippen LogP contribution in [-0.2, 0) is 0 Å². The van der Waals surface area contributed by atoms with Crippen LogP contribution in [0.5, 0.6) is 17.4 Å². The van der Waals surface area contributed by atoms with Crippen molar-refractivity contribution in [3.05, 3.63) is 53.7 Å². The van der Waals surface area contributed by atoms with Gasteiger partial charge in [0, 0.05) is 5.02 Å². The van der Waals surface area contributed by atoms with Gasteiger partial charge in [-0.3, -0.25) is 0 Å². The Hall–Kier alpha value is -2.33. The van der Waals surface area contributed by atoms with Crippen molar-refractivity contribution >= 4 is 22.6 Å². The van der Waals surface area contributed by atoms with Crippen LogP contribution in [0.3, 0.4) is 0 Å². The van der Waals surface area contributed by atoms with Crippen LogP contribution in [0.25, 0.3) is 11.0 Å². The van der Waals surface area contributed by atoms with Crippen LogP contribution in [0.4, 0.5) is 0 Å². The fourth-order valence-electron chi connectivity index (χ4n) is 1.91. The minimum Gasteiger partial charge on any atom is -0.494 e. The van der Waals surface area contributed by atoms with Gasteiger partial charge in [-0.15, -0.1) is 0 Å². The zero-order chi connectivity index (χ0) is 14.7. The molecule has 0 unspecified atom stereocenters. The second kappa shape index (κ2) is 5.97. The largest absolute Gasteiger partial charge is 0.494 e. The van der Waals surface area contributed by atoms with Crippen LogP contribution in [0.2, 0.25) is 5.02 Å². The monoisotopic (exact) mass is 300 g/mol. The minimum absolute atomic E-state index is 0.439. The van der Waals surface area contributed by atoms with Crippen LogP contribution in [-0.4, -0.2) is 16.6 Å². The number of nitrogens with zero attached hydrogens (tertiary/aromatic N) is 2. The highest BCUT2D eigenvalue weighted by molar-refractivity contribution is 6.31. The number of benzene rings is 2. The third-order valence-electron chi connectivity index (χ3n) is 2.84. The number of ether oxygens (including phenoxy) is 2. The Balaban J connectivity index is 1.82. The summed E-state index contributed by atoms with van der Waals surface area (Å²) in [7, 11) is 0. The first-order chi connectivity index (χ1) is 10.2. The number of hydrogen-bond donors (Lipinski definition) is 0. The molecule has 3 rings (SSSR count). The maximum atomic E-state index is 5.92. The molecule has 0 aliphatic heterocycles. The summed E-state index contributed by atoms with van der Waals surface area (Å²) in [5, 5.41) is 0.636. The van der Waals surface area contributed by atoms with E-state index in [1.54, 1.807) is 18.3 Å². The Labute approximate surface area is 127 Å². The van der Waals surface area contributed by atoms with Crippen LogP contribution >= 0.6 is 11.6 Å². The van der Waals surface area contributed by atoms with Crippen molar-refractivity contribution in [2.75, 3.05) is 6.61 Å². The molecule has 0 radical (unpaired) electrons. The Kier molecular flexibility index (Phi) is 3.88. The highest BCUT2D eigenvalue weighted by atomic mass is 35.5. The Morgan fingerprint density at radius 1 is 1.00 bits per heavy atom. The van der Waals surface area contributed by atoms with Crippen LogP contribution < -0.4 is 9.47 Å². The molecule has 0 spiro atoms. The molecule has 0 fully saturated rings. The Morgan fingerprint density at radius 2 is 1.76 bits per heavy atom. The molecule has 0 N–H and O–H groups in total. The van der Waals surface area contributed by atoms with Crippen LogP contribution in [0.1, 0.15) is 6.92 Å². The molecule has 0 aliphatic carbocycles. The molecule has 0 saturated carbocycles. The second-order valence-electron chi connectivity index (χ2n) is 4.35. The van der Waals surface area contributed by atoms with Crippen molar-refractivity contribution in [2.24, 2.45) is 0 Å². The molecule has 0 saturated heterocycles. The van der Waals surface area contributed by atoms with Gasteiger partial charge in [-0.2, -0.15) is 0 Å². The van der Waals surface area contributed by atoms with E-state index in [9.17, 15) is 0 Å². The lowest BCUT2D eigenvalue weighted by atomic mass is 10.3. The van der Waals surface area contributed by atoms with E-state index < -0.39 is 0 Å². The van der Waals surface area contributed by atoms with E-state index in [0.717, 1.165) is 16.8 Å². The van der Waals surface area contributed by atoms with E-state index in [-0.39, 0.29) is 0 Å². The highest BCUT2D eigenvalue weighted by Gasteiger charge is 2.03. The van der Waals surface area contributed by atoms with Gasteiger partial charge in [-0.05, 0) is 49.4 Å². The zero-order valence-electron chi connectivity index (χ0n) is 11.4. The van der Waals surface area contributed by atoms with Gasteiger partial charge < -0.3 is 9.47 Å². The van der Waals surface area contributed by atoms with Crippen molar-refractivity contribution in [2.45, 2.75) is 6.92 Å². The minimum atomic E-state index is 0.439. The van der Waals surface area contributed by atoms with Gasteiger partial charge in [0.15, 0.2) is 0 Å². The number of fused-ring (bicyclic) bond motifs is 1.